The van der Waals surface area contributed by atoms with Crippen LogP contribution in [0.5, 0.6) is 0 Å². The Hall–Kier alpha value is -3.55. The van der Waals surface area contributed by atoms with Crippen LogP contribution >= 0.6 is 0 Å². The van der Waals surface area contributed by atoms with Crippen LogP contribution in [0.1, 0.15) is 26.6 Å². The van der Waals surface area contributed by atoms with E-state index in [1.54, 1.807) is 13.0 Å². The van der Waals surface area contributed by atoms with E-state index in [-0.39, 0.29) is 17.1 Å². The van der Waals surface area contributed by atoms with Crippen LogP contribution in [0.15, 0.2) is 53.2 Å². The van der Waals surface area contributed by atoms with Gasteiger partial charge < -0.3 is 15.2 Å². The van der Waals surface area contributed by atoms with Gasteiger partial charge in [-0.1, -0.05) is 5.16 Å². The predicted molar refractivity (Wildman–Crippen MR) is 87.8 cm³/mol. The maximum atomic E-state index is 12.9. The van der Waals surface area contributed by atoms with Crippen molar-refractivity contribution in [2.24, 2.45) is 0 Å². The molecule has 2 aromatic heterocycles. The first-order valence-electron chi connectivity index (χ1n) is 7.29. The normalized spacial score (nSPS) is 10.3. The first-order valence-corrected chi connectivity index (χ1v) is 7.29. The molecule has 0 aliphatic heterocycles. The zero-order valence-corrected chi connectivity index (χ0v) is 13.1. The number of hydrogen-bond donors (Lipinski definition) is 2. The molecule has 0 spiro atoms. The van der Waals surface area contributed by atoms with Crippen molar-refractivity contribution >= 4 is 23.3 Å². The van der Waals surface area contributed by atoms with Gasteiger partial charge in [0.05, 0.1) is 0 Å². The molecule has 1 aromatic carbocycles. The molecule has 0 aliphatic rings. The maximum Gasteiger partial charge on any atom is 0.274 e. The van der Waals surface area contributed by atoms with Gasteiger partial charge in [0, 0.05) is 23.5 Å². The predicted octanol–water partition coefficient (Wildman–Crippen LogP) is 3.02. The Kier molecular flexibility index (Phi) is 4.51. The second-order valence-corrected chi connectivity index (χ2v) is 5.17. The molecule has 0 radical (unpaired) electrons. The molecule has 3 rings (SSSR count). The maximum absolute atomic E-state index is 12.9. The number of pyridine rings is 1. The smallest absolute Gasteiger partial charge is 0.274 e. The number of anilines is 2. The van der Waals surface area contributed by atoms with Crippen LogP contribution < -0.4 is 10.6 Å². The third kappa shape index (κ3) is 4.05. The van der Waals surface area contributed by atoms with Gasteiger partial charge in [-0.05, 0) is 43.3 Å². The Morgan fingerprint density at radius 2 is 1.80 bits per heavy atom. The molecule has 2 amide bonds. The lowest BCUT2D eigenvalue weighted by Gasteiger charge is -2.06. The first kappa shape index (κ1) is 16.3. The van der Waals surface area contributed by atoms with Crippen molar-refractivity contribution in [3.05, 3.63) is 71.5 Å². The fourth-order valence-electron chi connectivity index (χ4n) is 2.04. The monoisotopic (exact) mass is 340 g/mol. The molecular weight excluding hydrogens is 327 g/mol. The summed E-state index contributed by atoms with van der Waals surface area (Å²) in [4.78, 5) is 28.4. The van der Waals surface area contributed by atoms with E-state index in [0.29, 0.717) is 11.4 Å². The molecular formula is C17H13FN4O3. The van der Waals surface area contributed by atoms with E-state index in [4.69, 9.17) is 4.52 Å². The lowest BCUT2D eigenvalue weighted by molar-refractivity contribution is 0.102. The number of carbonyl (C=O) groups excluding carboxylic acids is 2. The average Bonchev–Trinajstić information content (AvgIpc) is 3.02. The molecule has 0 saturated heterocycles. The van der Waals surface area contributed by atoms with Crippen molar-refractivity contribution in [3.63, 3.8) is 0 Å². The van der Waals surface area contributed by atoms with Gasteiger partial charge >= 0.3 is 0 Å². The summed E-state index contributed by atoms with van der Waals surface area (Å²) in [5, 5.41) is 8.80. The second-order valence-electron chi connectivity index (χ2n) is 5.17. The number of carbonyl (C=O) groups is 2. The zero-order chi connectivity index (χ0) is 17.8. The largest absolute Gasteiger partial charge is 0.360 e. The van der Waals surface area contributed by atoms with Gasteiger partial charge in [0.25, 0.3) is 11.8 Å². The van der Waals surface area contributed by atoms with Crippen LogP contribution in [0.3, 0.4) is 0 Å². The average molecular weight is 340 g/mol. The summed E-state index contributed by atoms with van der Waals surface area (Å²) in [5.74, 6) is -0.538. The minimum Gasteiger partial charge on any atom is -0.360 e. The standard InChI is InChI=1S/C17H13FN4O3/c1-10-8-15(22-25-10)21-16(23)11-6-7-19-14(9-11)17(24)20-13-4-2-12(18)3-5-13/h2-9H,1H3,(H,20,24)(H,21,22,23). The first-order chi connectivity index (χ1) is 12.0. The highest BCUT2D eigenvalue weighted by atomic mass is 19.1. The Balaban J connectivity index is 1.72. The summed E-state index contributed by atoms with van der Waals surface area (Å²) in [6, 6.07) is 9.70. The minimum atomic E-state index is -0.515. The quantitative estimate of drug-likeness (QED) is 0.761. The van der Waals surface area contributed by atoms with E-state index in [1.165, 1.54) is 42.6 Å². The highest BCUT2D eigenvalue weighted by Crippen LogP contribution is 2.12. The van der Waals surface area contributed by atoms with Gasteiger partial charge in [-0.25, -0.2) is 4.39 Å². The topological polar surface area (TPSA) is 97.1 Å². The van der Waals surface area contributed by atoms with Gasteiger partial charge in [0.1, 0.15) is 17.3 Å². The number of amides is 2. The highest BCUT2D eigenvalue weighted by Gasteiger charge is 2.13. The molecule has 8 heteroatoms. The van der Waals surface area contributed by atoms with Crippen LogP contribution in [0.4, 0.5) is 15.9 Å². The van der Waals surface area contributed by atoms with Crippen molar-refractivity contribution in [1.82, 2.24) is 10.1 Å². The molecule has 3 aromatic rings. The number of benzene rings is 1. The van der Waals surface area contributed by atoms with Crippen molar-refractivity contribution < 1.29 is 18.5 Å². The Morgan fingerprint density at radius 3 is 2.48 bits per heavy atom. The number of hydrogen-bond acceptors (Lipinski definition) is 5. The van der Waals surface area contributed by atoms with E-state index >= 15 is 0 Å². The summed E-state index contributed by atoms with van der Waals surface area (Å²) in [5.41, 5.74) is 0.703. The Morgan fingerprint density at radius 1 is 1.04 bits per heavy atom. The third-order valence-electron chi connectivity index (χ3n) is 3.23. The fourth-order valence-corrected chi connectivity index (χ4v) is 2.04. The Labute approximate surface area is 141 Å². The van der Waals surface area contributed by atoms with Gasteiger partial charge in [-0.2, -0.15) is 0 Å². The molecule has 0 fully saturated rings. The van der Waals surface area contributed by atoms with E-state index < -0.39 is 17.6 Å². The molecule has 126 valence electrons. The molecule has 25 heavy (non-hydrogen) atoms. The molecule has 0 bridgehead atoms. The Bertz CT molecular complexity index is 922. The molecule has 0 saturated carbocycles. The molecule has 0 aliphatic carbocycles. The van der Waals surface area contributed by atoms with E-state index in [9.17, 15) is 14.0 Å². The molecule has 0 atom stereocenters. The zero-order valence-electron chi connectivity index (χ0n) is 13.1. The van der Waals surface area contributed by atoms with E-state index in [2.05, 4.69) is 20.8 Å². The third-order valence-corrected chi connectivity index (χ3v) is 3.23. The molecule has 0 unspecified atom stereocenters. The van der Waals surface area contributed by atoms with Crippen LogP contribution in [0.2, 0.25) is 0 Å². The summed E-state index contributed by atoms with van der Waals surface area (Å²) in [6.07, 6.45) is 1.35. The van der Waals surface area contributed by atoms with Crippen LogP contribution in [0, 0.1) is 12.7 Å². The van der Waals surface area contributed by atoms with Gasteiger partial charge in [-0.15, -0.1) is 0 Å². The minimum absolute atomic E-state index is 0.0494. The SMILES string of the molecule is Cc1cc(NC(=O)c2ccnc(C(=O)Nc3ccc(F)cc3)c2)no1. The van der Waals surface area contributed by atoms with Crippen molar-refractivity contribution in [2.75, 3.05) is 10.6 Å². The number of aromatic nitrogens is 2. The molecule has 7 nitrogen and oxygen atoms in total. The summed E-state index contributed by atoms with van der Waals surface area (Å²) >= 11 is 0. The molecule has 2 N–H and O–H groups in total. The van der Waals surface area contributed by atoms with Crippen molar-refractivity contribution in [1.29, 1.82) is 0 Å². The fraction of sp³-hybridized carbons (Fsp3) is 0.0588. The number of aryl methyl sites for hydroxylation is 1. The second kappa shape index (κ2) is 6.91. The highest BCUT2D eigenvalue weighted by molar-refractivity contribution is 6.07. The summed E-state index contributed by atoms with van der Waals surface area (Å²) < 4.78 is 17.8. The number of nitrogens with zero attached hydrogens (tertiary/aromatic N) is 2. The van der Waals surface area contributed by atoms with E-state index in [1.807, 2.05) is 0 Å². The summed E-state index contributed by atoms with van der Waals surface area (Å²) in [7, 11) is 0. The van der Waals surface area contributed by atoms with Crippen molar-refractivity contribution in [3.8, 4) is 0 Å². The van der Waals surface area contributed by atoms with Crippen LogP contribution in [0.25, 0.3) is 0 Å². The molecule has 2 heterocycles. The van der Waals surface area contributed by atoms with Gasteiger partial charge in [-0.3, -0.25) is 14.6 Å². The number of rotatable bonds is 4. The van der Waals surface area contributed by atoms with Gasteiger partial charge in [0.15, 0.2) is 5.82 Å². The lowest BCUT2D eigenvalue weighted by atomic mass is 10.2. The van der Waals surface area contributed by atoms with Crippen LogP contribution in [-0.4, -0.2) is 22.0 Å². The van der Waals surface area contributed by atoms with Crippen molar-refractivity contribution in [2.45, 2.75) is 6.92 Å². The van der Waals surface area contributed by atoms with Gasteiger partial charge in [0.2, 0.25) is 0 Å². The number of halogens is 1. The van der Waals surface area contributed by atoms with E-state index in [0.717, 1.165) is 0 Å². The summed E-state index contributed by atoms with van der Waals surface area (Å²) in [6.45, 7) is 1.70. The number of nitrogens with one attached hydrogen (secondary N) is 2. The lowest BCUT2D eigenvalue weighted by Crippen LogP contribution is -2.17. The van der Waals surface area contributed by atoms with Crippen LogP contribution in [-0.2, 0) is 0 Å².